The molecule has 0 saturated heterocycles. The van der Waals surface area contributed by atoms with E-state index in [4.69, 9.17) is 15.7 Å². The fourth-order valence-corrected chi connectivity index (χ4v) is 2.28. The van der Waals surface area contributed by atoms with Gasteiger partial charge in [-0.1, -0.05) is 25.7 Å². The van der Waals surface area contributed by atoms with Gasteiger partial charge in [-0.2, -0.15) is 5.26 Å². The van der Waals surface area contributed by atoms with Gasteiger partial charge in [-0.25, -0.2) is 0 Å². The molecule has 1 aliphatic rings. The molecule has 0 radical (unpaired) electrons. The van der Waals surface area contributed by atoms with E-state index < -0.39 is 12.4 Å². The lowest BCUT2D eigenvalue weighted by atomic mass is 10.0. The summed E-state index contributed by atoms with van der Waals surface area (Å²) in [4.78, 5) is 23.0. The fourth-order valence-electron chi connectivity index (χ4n) is 2.28. The molecule has 0 aliphatic heterocycles. The molecule has 1 saturated carbocycles. The molecule has 0 amide bonds. The zero-order chi connectivity index (χ0) is 14.3. The highest BCUT2D eigenvalue weighted by Crippen LogP contribution is 2.28. The Bertz CT molecular complexity index is 411. The zero-order valence-corrected chi connectivity index (χ0v) is 11.3. The summed E-state index contributed by atoms with van der Waals surface area (Å²) >= 11 is 0. The third-order valence-electron chi connectivity index (χ3n) is 3.38. The van der Waals surface area contributed by atoms with Crippen LogP contribution in [0.1, 0.15) is 45.4 Å². The van der Waals surface area contributed by atoms with Crippen molar-refractivity contribution in [2.75, 3.05) is 6.61 Å². The maximum absolute atomic E-state index is 11.5. The Morgan fingerprint density at radius 3 is 2.53 bits per heavy atom. The molecule has 0 aromatic heterocycles. The highest BCUT2D eigenvalue weighted by Gasteiger charge is 2.18. The van der Waals surface area contributed by atoms with Gasteiger partial charge in [0.15, 0.2) is 6.61 Å². The minimum absolute atomic E-state index is 0.136. The lowest BCUT2D eigenvalue weighted by molar-refractivity contribution is -0.147. The summed E-state index contributed by atoms with van der Waals surface area (Å²) in [5, 5.41) is 8.73. The standard InChI is InChI=1S/C14H20N2O3/c1-10(16)12(8-15)13(17)9-19-14(18)7-6-11-4-2-3-5-11/h11H,2-7,9,16H2,1H3/b12-10+. The van der Waals surface area contributed by atoms with Gasteiger partial charge in [0.1, 0.15) is 11.6 Å². The summed E-state index contributed by atoms with van der Waals surface area (Å²) < 4.78 is 4.87. The maximum Gasteiger partial charge on any atom is 0.306 e. The van der Waals surface area contributed by atoms with Crippen molar-refractivity contribution in [3.8, 4) is 6.07 Å². The molecule has 1 aliphatic carbocycles. The zero-order valence-electron chi connectivity index (χ0n) is 11.3. The van der Waals surface area contributed by atoms with Crippen molar-refractivity contribution in [3.05, 3.63) is 11.3 Å². The first kappa shape index (κ1) is 15.2. The van der Waals surface area contributed by atoms with E-state index in [1.54, 1.807) is 6.07 Å². The summed E-state index contributed by atoms with van der Waals surface area (Å²) in [7, 11) is 0. The van der Waals surface area contributed by atoms with E-state index in [2.05, 4.69) is 0 Å². The van der Waals surface area contributed by atoms with Crippen LogP contribution >= 0.6 is 0 Å². The second kappa shape index (κ2) is 7.57. The van der Waals surface area contributed by atoms with Gasteiger partial charge in [0.2, 0.25) is 5.78 Å². The molecule has 104 valence electrons. The summed E-state index contributed by atoms with van der Waals surface area (Å²) in [6, 6.07) is 1.72. The summed E-state index contributed by atoms with van der Waals surface area (Å²) in [5.41, 5.74) is 5.40. The number of ketones is 1. The van der Waals surface area contributed by atoms with E-state index in [1.807, 2.05) is 0 Å². The van der Waals surface area contributed by atoms with E-state index in [1.165, 1.54) is 32.6 Å². The molecule has 0 aromatic rings. The smallest absolute Gasteiger partial charge is 0.306 e. The van der Waals surface area contributed by atoms with Crippen LogP contribution in [0.3, 0.4) is 0 Å². The van der Waals surface area contributed by atoms with Crippen molar-refractivity contribution in [1.29, 1.82) is 5.26 Å². The molecule has 0 heterocycles. The van der Waals surface area contributed by atoms with E-state index in [0.717, 1.165) is 6.42 Å². The minimum Gasteiger partial charge on any atom is -0.457 e. The van der Waals surface area contributed by atoms with Gasteiger partial charge >= 0.3 is 5.97 Å². The van der Waals surface area contributed by atoms with Crippen LogP contribution in [0.25, 0.3) is 0 Å². The number of Topliss-reactive ketones (excluding diaryl/α,β-unsaturated/α-hetero) is 1. The van der Waals surface area contributed by atoms with Gasteiger partial charge in [-0.3, -0.25) is 9.59 Å². The van der Waals surface area contributed by atoms with Crippen LogP contribution in [0.15, 0.2) is 11.3 Å². The number of esters is 1. The number of ether oxygens (including phenoxy) is 1. The Kier molecular flexibility index (Phi) is 6.07. The van der Waals surface area contributed by atoms with Crippen molar-refractivity contribution < 1.29 is 14.3 Å². The van der Waals surface area contributed by atoms with Crippen LogP contribution in [-0.2, 0) is 14.3 Å². The van der Waals surface area contributed by atoms with E-state index in [0.29, 0.717) is 12.3 Å². The van der Waals surface area contributed by atoms with Crippen LogP contribution in [0, 0.1) is 17.2 Å². The number of nitrogens with two attached hydrogens (primary N) is 1. The molecule has 0 aromatic carbocycles. The van der Waals surface area contributed by atoms with E-state index >= 15 is 0 Å². The van der Waals surface area contributed by atoms with Crippen molar-refractivity contribution in [2.24, 2.45) is 11.7 Å². The fraction of sp³-hybridized carbons (Fsp3) is 0.643. The molecular formula is C14H20N2O3. The first-order valence-electron chi connectivity index (χ1n) is 6.60. The van der Waals surface area contributed by atoms with Crippen LogP contribution in [-0.4, -0.2) is 18.4 Å². The van der Waals surface area contributed by atoms with Gasteiger partial charge in [-0.15, -0.1) is 0 Å². The first-order chi connectivity index (χ1) is 9.04. The molecule has 2 N–H and O–H groups in total. The number of carbonyl (C=O) groups excluding carboxylic acids is 2. The first-order valence-corrected chi connectivity index (χ1v) is 6.60. The Hall–Kier alpha value is -1.83. The SMILES string of the molecule is C/C(N)=C(/C#N)C(=O)COC(=O)CCC1CCCC1. The van der Waals surface area contributed by atoms with Crippen molar-refractivity contribution in [2.45, 2.75) is 45.4 Å². The molecule has 1 fully saturated rings. The van der Waals surface area contributed by atoms with Crippen LogP contribution in [0.2, 0.25) is 0 Å². The Morgan fingerprint density at radius 1 is 1.37 bits per heavy atom. The number of rotatable bonds is 6. The molecule has 5 nitrogen and oxygen atoms in total. The Balaban J connectivity index is 2.28. The normalized spacial score (nSPS) is 16.6. The van der Waals surface area contributed by atoms with E-state index in [-0.39, 0.29) is 17.2 Å². The maximum atomic E-state index is 11.5. The van der Waals surface area contributed by atoms with Crippen LogP contribution in [0.5, 0.6) is 0 Å². The molecule has 0 unspecified atom stereocenters. The predicted octanol–water partition coefficient (Wildman–Crippen LogP) is 1.83. The van der Waals surface area contributed by atoms with Crippen molar-refractivity contribution in [1.82, 2.24) is 0 Å². The average Bonchev–Trinajstić information content (AvgIpc) is 2.87. The molecule has 5 heteroatoms. The lowest BCUT2D eigenvalue weighted by Gasteiger charge is -2.08. The van der Waals surface area contributed by atoms with E-state index in [9.17, 15) is 9.59 Å². The Labute approximate surface area is 113 Å². The largest absolute Gasteiger partial charge is 0.457 e. The summed E-state index contributed by atoms with van der Waals surface area (Å²) in [6.07, 6.45) is 6.00. The quantitative estimate of drug-likeness (QED) is 0.448. The number of allylic oxidation sites excluding steroid dienone is 1. The van der Waals surface area contributed by atoms with Gasteiger partial charge in [0.25, 0.3) is 0 Å². The minimum atomic E-state index is -0.545. The molecule has 19 heavy (non-hydrogen) atoms. The number of carbonyl (C=O) groups is 2. The highest BCUT2D eigenvalue weighted by atomic mass is 16.5. The van der Waals surface area contributed by atoms with Crippen LogP contribution < -0.4 is 5.73 Å². The molecular weight excluding hydrogens is 244 g/mol. The number of nitrogens with zero attached hydrogens (tertiary/aromatic N) is 1. The van der Waals surface area contributed by atoms with Gasteiger partial charge in [-0.05, 0) is 19.3 Å². The molecule has 0 bridgehead atoms. The molecule has 1 rings (SSSR count). The molecule has 0 spiro atoms. The third-order valence-corrected chi connectivity index (χ3v) is 3.38. The van der Waals surface area contributed by atoms with Crippen LogP contribution in [0.4, 0.5) is 0 Å². The highest BCUT2D eigenvalue weighted by molar-refractivity contribution is 6.01. The predicted molar refractivity (Wildman–Crippen MR) is 69.7 cm³/mol. The number of nitriles is 1. The van der Waals surface area contributed by atoms with Gasteiger partial charge in [0.05, 0.1) is 0 Å². The number of hydrogen-bond acceptors (Lipinski definition) is 5. The Morgan fingerprint density at radius 2 is 2.00 bits per heavy atom. The third kappa shape index (κ3) is 5.12. The summed E-state index contributed by atoms with van der Waals surface area (Å²) in [6.45, 7) is 1.07. The van der Waals surface area contributed by atoms with Gasteiger partial charge in [0, 0.05) is 12.1 Å². The van der Waals surface area contributed by atoms with Crippen molar-refractivity contribution in [3.63, 3.8) is 0 Å². The number of hydrogen-bond donors (Lipinski definition) is 1. The van der Waals surface area contributed by atoms with Crippen molar-refractivity contribution >= 4 is 11.8 Å². The second-order valence-electron chi connectivity index (χ2n) is 4.94. The topological polar surface area (TPSA) is 93.2 Å². The average molecular weight is 264 g/mol. The lowest BCUT2D eigenvalue weighted by Crippen LogP contribution is -2.17. The monoisotopic (exact) mass is 264 g/mol. The van der Waals surface area contributed by atoms with Gasteiger partial charge < -0.3 is 10.5 Å². The summed E-state index contributed by atoms with van der Waals surface area (Å²) in [5.74, 6) is -0.312. The molecule has 0 atom stereocenters. The second-order valence-corrected chi connectivity index (χ2v) is 4.94.